The lowest BCUT2D eigenvalue weighted by Crippen LogP contribution is -2.30. The fourth-order valence-electron chi connectivity index (χ4n) is 2.08. The molecule has 20 heavy (non-hydrogen) atoms. The predicted molar refractivity (Wildman–Crippen MR) is 77.2 cm³/mol. The van der Waals surface area contributed by atoms with E-state index >= 15 is 0 Å². The topological polar surface area (TPSA) is 64.6 Å². The van der Waals surface area contributed by atoms with Crippen LogP contribution in [-0.2, 0) is 4.79 Å². The molecule has 1 aromatic heterocycles. The van der Waals surface area contributed by atoms with Gasteiger partial charge >= 0.3 is 0 Å². The van der Waals surface area contributed by atoms with Crippen molar-refractivity contribution in [1.29, 1.82) is 0 Å². The highest BCUT2D eigenvalue weighted by Crippen LogP contribution is 2.18. The maximum atomic E-state index is 11.9. The fraction of sp³-hybridized carbons (Fsp3) is 0.615. The average Bonchev–Trinajstić information content (AvgIpc) is 2.94. The lowest BCUT2D eigenvalue weighted by atomic mass is 10.3. The highest BCUT2D eigenvalue weighted by Gasteiger charge is 2.27. The first kappa shape index (κ1) is 15.0. The third-order valence-corrected chi connectivity index (χ3v) is 3.69. The molecule has 0 aromatic carbocycles. The van der Waals surface area contributed by atoms with Gasteiger partial charge in [0.2, 0.25) is 17.7 Å². The first-order valence-corrected chi connectivity index (χ1v) is 7.73. The number of methoxy groups -OCH3 is 1. The molecule has 2 heterocycles. The summed E-state index contributed by atoms with van der Waals surface area (Å²) in [6.45, 7) is 1.37. The van der Waals surface area contributed by atoms with E-state index in [1.54, 1.807) is 12.1 Å². The molecule has 1 aromatic rings. The Balaban J connectivity index is 1.81. The second-order valence-electron chi connectivity index (χ2n) is 4.57. The third kappa shape index (κ3) is 4.06. The van der Waals surface area contributed by atoms with Crippen molar-refractivity contribution < 1.29 is 14.3 Å². The van der Waals surface area contributed by atoms with Gasteiger partial charge in [-0.1, -0.05) is 15.9 Å². The molecule has 110 valence electrons. The van der Waals surface area contributed by atoms with Crippen molar-refractivity contribution in [1.82, 2.24) is 15.1 Å². The zero-order chi connectivity index (χ0) is 14.4. The van der Waals surface area contributed by atoms with E-state index in [0.717, 1.165) is 24.7 Å². The summed E-state index contributed by atoms with van der Waals surface area (Å²) in [5.74, 6) is 1.11. The van der Waals surface area contributed by atoms with Gasteiger partial charge < -0.3 is 14.4 Å². The van der Waals surface area contributed by atoms with Gasteiger partial charge in [-0.25, -0.2) is 0 Å². The monoisotopic (exact) mass is 343 g/mol. The van der Waals surface area contributed by atoms with E-state index in [0.29, 0.717) is 24.7 Å². The van der Waals surface area contributed by atoms with E-state index in [-0.39, 0.29) is 12.0 Å². The van der Waals surface area contributed by atoms with Gasteiger partial charge in [0.25, 0.3) is 0 Å². The Hall–Kier alpha value is -1.37. The third-order valence-electron chi connectivity index (χ3n) is 3.13. The molecule has 1 aliphatic rings. The molecule has 0 radical (unpaired) electrons. The molecule has 1 atom stereocenters. The average molecular weight is 344 g/mol. The number of halogens is 1. The zero-order valence-corrected chi connectivity index (χ0v) is 13.0. The van der Waals surface area contributed by atoms with Crippen LogP contribution in [0.5, 0.6) is 11.8 Å². The first-order chi connectivity index (χ1) is 9.72. The lowest BCUT2D eigenvalue weighted by molar-refractivity contribution is -0.130. The number of hydrogen-bond donors (Lipinski definition) is 0. The molecule has 0 aliphatic carbocycles. The summed E-state index contributed by atoms with van der Waals surface area (Å²) in [5.41, 5.74) is 0. The van der Waals surface area contributed by atoms with Crippen molar-refractivity contribution in [2.45, 2.75) is 25.4 Å². The predicted octanol–water partition coefficient (Wildman–Crippen LogP) is 1.64. The van der Waals surface area contributed by atoms with E-state index in [2.05, 4.69) is 26.1 Å². The van der Waals surface area contributed by atoms with Crippen molar-refractivity contribution in [2.24, 2.45) is 0 Å². The largest absolute Gasteiger partial charge is 0.480 e. The van der Waals surface area contributed by atoms with Gasteiger partial charge in [-0.2, -0.15) is 0 Å². The van der Waals surface area contributed by atoms with Crippen LogP contribution in [0, 0.1) is 0 Å². The molecule has 6 nitrogen and oxygen atoms in total. The van der Waals surface area contributed by atoms with Gasteiger partial charge in [0.05, 0.1) is 13.7 Å². The van der Waals surface area contributed by atoms with Crippen LogP contribution in [0.1, 0.15) is 19.3 Å². The van der Waals surface area contributed by atoms with E-state index in [1.165, 1.54) is 7.11 Å². The number of aromatic nitrogens is 2. The van der Waals surface area contributed by atoms with Gasteiger partial charge in [-0.3, -0.25) is 4.79 Å². The molecular formula is C13H18BrN3O3. The van der Waals surface area contributed by atoms with Crippen molar-refractivity contribution in [2.75, 3.05) is 25.5 Å². The fourth-order valence-corrected chi connectivity index (χ4v) is 2.36. The highest BCUT2D eigenvalue weighted by atomic mass is 79.9. The van der Waals surface area contributed by atoms with Crippen molar-refractivity contribution in [3.8, 4) is 11.8 Å². The van der Waals surface area contributed by atoms with Gasteiger partial charge in [-0.05, 0) is 6.42 Å². The number of amides is 1. The van der Waals surface area contributed by atoms with Crippen LogP contribution in [0.2, 0.25) is 0 Å². The van der Waals surface area contributed by atoms with Gasteiger partial charge in [0.15, 0.2) is 0 Å². The smallest absolute Gasteiger partial charge is 0.233 e. The van der Waals surface area contributed by atoms with E-state index in [9.17, 15) is 4.79 Å². The maximum Gasteiger partial charge on any atom is 0.233 e. The Labute approximate surface area is 126 Å². The van der Waals surface area contributed by atoms with Gasteiger partial charge in [-0.15, -0.1) is 10.2 Å². The molecule has 1 saturated heterocycles. The highest BCUT2D eigenvalue weighted by molar-refractivity contribution is 9.09. The Kier molecular flexibility index (Phi) is 5.58. The second-order valence-corrected chi connectivity index (χ2v) is 5.37. The molecule has 7 heteroatoms. The number of carbonyl (C=O) groups excluding carboxylic acids is 1. The number of alkyl halides is 1. The Bertz CT molecular complexity index is 441. The number of likely N-dealkylation sites (tertiary alicyclic amines) is 1. The summed E-state index contributed by atoms with van der Waals surface area (Å²) in [5, 5.41) is 8.63. The Morgan fingerprint density at radius 1 is 1.45 bits per heavy atom. The molecule has 0 N–H and O–H groups in total. The first-order valence-electron chi connectivity index (χ1n) is 6.61. The van der Waals surface area contributed by atoms with Gasteiger partial charge in [0, 0.05) is 36.8 Å². The molecule has 2 rings (SSSR count). The molecule has 1 unspecified atom stereocenters. The minimum atomic E-state index is -0.00869. The number of hydrogen-bond acceptors (Lipinski definition) is 5. The molecule has 0 saturated carbocycles. The Morgan fingerprint density at radius 3 is 2.85 bits per heavy atom. The van der Waals surface area contributed by atoms with E-state index in [4.69, 9.17) is 9.47 Å². The standard InChI is InChI=1S/C13H18BrN3O3/c1-19-11-4-5-12(16-15-11)20-10-6-8-17(9-10)13(18)3-2-7-14/h4-5,10H,2-3,6-9H2,1H3. The van der Waals surface area contributed by atoms with Crippen LogP contribution in [0.3, 0.4) is 0 Å². The normalized spacial score (nSPS) is 18.1. The number of ether oxygens (including phenoxy) is 2. The summed E-state index contributed by atoms with van der Waals surface area (Å²) in [4.78, 5) is 13.7. The van der Waals surface area contributed by atoms with Crippen molar-refractivity contribution in [3.63, 3.8) is 0 Å². The minimum absolute atomic E-state index is 0.00869. The number of nitrogens with zero attached hydrogens (tertiary/aromatic N) is 3. The van der Waals surface area contributed by atoms with Crippen molar-refractivity contribution in [3.05, 3.63) is 12.1 Å². The number of carbonyl (C=O) groups is 1. The Morgan fingerprint density at radius 2 is 2.20 bits per heavy atom. The van der Waals surface area contributed by atoms with Crippen LogP contribution in [0.25, 0.3) is 0 Å². The van der Waals surface area contributed by atoms with Crippen molar-refractivity contribution >= 4 is 21.8 Å². The van der Waals surface area contributed by atoms with Gasteiger partial charge in [0.1, 0.15) is 6.10 Å². The van der Waals surface area contributed by atoms with Crippen LogP contribution < -0.4 is 9.47 Å². The summed E-state index contributed by atoms with van der Waals surface area (Å²) >= 11 is 3.33. The SMILES string of the molecule is COc1ccc(OC2CCN(C(=O)CCCBr)C2)nn1. The van der Waals surface area contributed by atoms with Crippen LogP contribution in [-0.4, -0.2) is 52.6 Å². The second kappa shape index (κ2) is 7.42. The summed E-state index contributed by atoms with van der Waals surface area (Å²) < 4.78 is 10.7. The molecule has 1 amide bonds. The summed E-state index contributed by atoms with van der Waals surface area (Å²) in [6.07, 6.45) is 2.27. The van der Waals surface area contributed by atoms with Crippen LogP contribution in [0.4, 0.5) is 0 Å². The van der Waals surface area contributed by atoms with Crippen LogP contribution in [0.15, 0.2) is 12.1 Å². The van der Waals surface area contributed by atoms with E-state index in [1.807, 2.05) is 4.90 Å². The van der Waals surface area contributed by atoms with E-state index < -0.39 is 0 Å². The summed E-state index contributed by atoms with van der Waals surface area (Å²) in [6, 6.07) is 3.43. The maximum absolute atomic E-state index is 11.9. The van der Waals surface area contributed by atoms with Crippen LogP contribution >= 0.6 is 15.9 Å². The molecule has 0 bridgehead atoms. The molecule has 0 spiro atoms. The summed E-state index contributed by atoms with van der Waals surface area (Å²) in [7, 11) is 1.54. The quantitative estimate of drug-likeness (QED) is 0.734. The lowest BCUT2D eigenvalue weighted by Gasteiger charge is -2.16. The minimum Gasteiger partial charge on any atom is -0.480 e. The molecule has 1 aliphatic heterocycles. The molecular weight excluding hydrogens is 326 g/mol. The zero-order valence-electron chi connectivity index (χ0n) is 11.4. The number of rotatable bonds is 6. The molecule has 1 fully saturated rings.